The van der Waals surface area contributed by atoms with E-state index in [-0.39, 0.29) is 24.0 Å². The van der Waals surface area contributed by atoms with E-state index in [0.717, 1.165) is 34.7 Å². The second-order valence-corrected chi connectivity index (χ2v) is 6.79. The van der Waals surface area contributed by atoms with Crippen molar-refractivity contribution in [3.05, 3.63) is 53.2 Å². The molecule has 2 aromatic carbocycles. The van der Waals surface area contributed by atoms with Crippen molar-refractivity contribution in [2.45, 2.75) is 26.8 Å². The van der Waals surface area contributed by atoms with Gasteiger partial charge in [-0.15, -0.1) is 24.0 Å². The Morgan fingerprint density at radius 2 is 1.89 bits per heavy atom. The number of nitrogens with two attached hydrogens (primary N) is 1. The summed E-state index contributed by atoms with van der Waals surface area (Å²) in [5, 5.41) is 4.35. The fourth-order valence-corrected chi connectivity index (χ4v) is 3.21. The van der Waals surface area contributed by atoms with Gasteiger partial charge in [-0.1, -0.05) is 6.07 Å². The van der Waals surface area contributed by atoms with Gasteiger partial charge in [-0.3, -0.25) is 0 Å². The molecule has 0 aliphatic carbocycles. The number of guanidine groups is 1. The first-order valence-corrected chi connectivity index (χ1v) is 9.14. The number of aromatic nitrogens is 1. The number of rotatable bonds is 3. The van der Waals surface area contributed by atoms with Crippen molar-refractivity contribution in [2.75, 3.05) is 18.5 Å². The predicted octanol–water partition coefficient (Wildman–Crippen LogP) is 4.49. The van der Waals surface area contributed by atoms with Gasteiger partial charge in [-0.2, -0.15) is 0 Å². The third-order valence-corrected chi connectivity index (χ3v) is 4.82. The smallest absolute Gasteiger partial charge is 0.193 e. The molecule has 4 rings (SSSR count). The number of H-pyrrole nitrogens is 1. The standard InChI is InChI=1S/C21H24N4O2.HI/c1-13-14(2)24-18-6-4-15(10-17(13)18)12-23-21(22)25-16-5-7-19-20(11-16)27-9-3-8-26-19;/h4-7,10-11,24H,3,8-9,12H2,1-2H3,(H3,22,23,25);1H. The van der Waals surface area contributed by atoms with E-state index >= 15 is 0 Å². The summed E-state index contributed by atoms with van der Waals surface area (Å²) in [5.41, 5.74) is 11.6. The Bertz CT molecular complexity index is 1010. The highest BCUT2D eigenvalue weighted by molar-refractivity contribution is 14.0. The van der Waals surface area contributed by atoms with E-state index in [1.54, 1.807) is 0 Å². The van der Waals surface area contributed by atoms with Gasteiger partial charge in [0.25, 0.3) is 0 Å². The number of aliphatic imine (C=N–C) groups is 1. The number of halogens is 1. The van der Waals surface area contributed by atoms with Crippen molar-refractivity contribution < 1.29 is 9.47 Å². The Kier molecular flexibility index (Phi) is 6.33. The summed E-state index contributed by atoms with van der Waals surface area (Å²) < 4.78 is 11.3. The fourth-order valence-electron chi connectivity index (χ4n) is 3.21. The van der Waals surface area contributed by atoms with Crippen molar-refractivity contribution in [3.63, 3.8) is 0 Å². The minimum Gasteiger partial charge on any atom is -0.490 e. The average molecular weight is 492 g/mol. The van der Waals surface area contributed by atoms with E-state index in [1.807, 2.05) is 18.2 Å². The normalized spacial score (nSPS) is 13.7. The van der Waals surface area contributed by atoms with Gasteiger partial charge in [0.15, 0.2) is 17.5 Å². The van der Waals surface area contributed by atoms with Crippen molar-refractivity contribution >= 4 is 46.5 Å². The largest absolute Gasteiger partial charge is 0.490 e. The minimum atomic E-state index is 0. The summed E-state index contributed by atoms with van der Waals surface area (Å²) in [5.74, 6) is 1.86. The summed E-state index contributed by atoms with van der Waals surface area (Å²) in [6.45, 7) is 6.06. The first-order valence-electron chi connectivity index (χ1n) is 9.14. The molecule has 0 atom stereocenters. The fraction of sp³-hybridized carbons (Fsp3) is 0.286. The van der Waals surface area contributed by atoms with Gasteiger partial charge in [0.05, 0.1) is 19.8 Å². The molecule has 0 amide bonds. The summed E-state index contributed by atoms with van der Waals surface area (Å²) in [4.78, 5) is 7.85. The maximum atomic E-state index is 6.07. The number of nitrogens with zero attached hydrogens (tertiary/aromatic N) is 1. The third kappa shape index (κ3) is 4.35. The molecule has 1 aromatic heterocycles. The Labute approximate surface area is 181 Å². The van der Waals surface area contributed by atoms with Crippen molar-refractivity contribution in [1.82, 2.24) is 4.98 Å². The zero-order valence-corrected chi connectivity index (χ0v) is 18.4. The summed E-state index contributed by atoms with van der Waals surface area (Å²) in [6.07, 6.45) is 0.880. The molecule has 0 saturated heterocycles. The van der Waals surface area contributed by atoms with Crippen LogP contribution in [0.4, 0.5) is 5.69 Å². The Hall–Kier alpha value is -2.42. The highest BCUT2D eigenvalue weighted by Gasteiger charge is 2.11. The maximum absolute atomic E-state index is 6.07. The Balaban J connectivity index is 0.00000225. The highest BCUT2D eigenvalue weighted by atomic mass is 127. The van der Waals surface area contributed by atoms with Crippen molar-refractivity contribution in [2.24, 2.45) is 10.7 Å². The topological polar surface area (TPSA) is 84.7 Å². The van der Waals surface area contributed by atoms with Crippen LogP contribution in [0.1, 0.15) is 23.2 Å². The molecule has 6 nitrogen and oxygen atoms in total. The van der Waals surface area contributed by atoms with Gasteiger partial charge in [0, 0.05) is 34.8 Å². The quantitative estimate of drug-likeness (QED) is 0.286. The van der Waals surface area contributed by atoms with Crippen LogP contribution in [-0.2, 0) is 6.54 Å². The third-order valence-electron chi connectivity index (χ3n) is 4.82. The van der Waals surface area contributed by atoms with Gasteiger partial charge < -0.3 is 25.5 Å². The average Bonchev–Trinajstić information content (AvgIpc) is 2.84. The van der Waals surface area contributed by atoms with Gasteiger partial charge in [0.1, 0.15) is 0 Å². The van der Waals surface area contributed by atoms with Crippen LogP contribution in [0.3, 0.4) is 0 Å². The molecule has 0 saturated carbocycles. The van der Waals surface area contributed by atoms with Crippen LogP contribution in [0, 0.1) is 13.8 Å². The van der Waals surface area contributed by atoms with E-state index in [0.29, 0.717) is 25.7 Å². The molecule has 3 aromatic rings. The number of anilines is 1. The van der Waals surface area contributed by atoms with Crippen LogP contribution in [0.15, 0.2) is 41.4 Å². The molecule has 0 fully saturated rings. The van der Waals surface area contributed by atoms with Crippen LogP contribution in [0.2, 0.25) is 0 Å². The van der Waals surface area contributed by atoms with E-state index in [1.165, 1.54) is 16.6 Å². The van der Waals surface area contributed by atoms with E-state index in [4.69, 9.17) is 15.2 Å². The van der Waals surface area contributed by atoms with Crippen LogP contribution >= 0.6 is 24.0 Å². The van der Waals surface area contributed by atoms with Crippen LogP contribution < -0.4 is 20.5 Å². The maximum Gasteiger partial charge on any atom is 0.193 e. The number of hydrogen-bond donors (Lipinski definition) is 3. The van der Waals surface area contributed by atoms with Gasteiger partial charge in [-0.05, 0) is 49.2 Å². The number of nitrogens with one attached hydrogen (secondary N) is 2. The van der Waals surface area contributed by atoms with Crippen LogP contribution in [0.5, 0.6) is 11.5 Å². The lowest BCUT2D eigenvalue weighted by Crippen LogP contribution is -2.22. The molecular formula is C21H25IN4O2. The summed E-state index contributed by atoms with van der Waals surface area (Å²) in [7, 11) is 0. The minimum absolute atomic E-state index is 0. The second-order valence-electron chi connectivity index (χ2n) is 6.79. The van der Waals surface area contributed by atoms with Crippen molar-refractivity contribution in [1.29, 1.82) is 0 Å². The second kappa shape index (κ2) is 8.72. The van der Waals surface area contributed by atoms with E-state index in [9.17, 15) is 0 Å². The van der Waals surface area contributed by atoms with E-state index in [2.05, 4.69) is 47.3 Å². The molecule has 148 valence electrons. The number of aromatic amines is 1. The van der Waals surface area contributed by atoms with E-state index < -0.39 is 0 Å². The molecule has 7 heteroatoms. The van der Waals surface area contributed by atoms with Gasteiger partial charge in [-0.25, -0.2) is 4.99 Å². The highest BCUT2D eigenvalue weighted by Crippen LogP contribution is 2.32. The number of benzene rings is 2. The molecule has 0 unspecified atom stereocenters. The number of hydrogen-bond acceptors (Lipinski definition) is 3. The van der Waals surface area contributed by atoms with Crippen LogP contribution in [0.25, 0.3) is 10.9 Å². The number of ether oxygens (including phenoxy) is 2. The SMILES string of the molecule is Cc1[nH]c2ccc(CN=C(N)Nc3ccc4c(c3)OCCCO4)cc2c1C.I. The number of fused-ring (bicyclic) bond motifs is 2. The number of aryl methyl sites for hydroxylation is 2. The first kappa shape index (κ1) is 20.3. The molecule has 1 aliphatic heterocycles. The molecule has 4 N–H and O–H groups in total. The zero-order valence-electron chi connectivity index (χ0n) is 16.0. The van der Waals surface area contributed by atoms with Crippen molar-refractivity contribution in [3.8, 4) is 11.5 Å². The molecule has 2 heterocycles. The van der Waals surface area contributed by atoms with Gasteiger partial charge in [0.2, 0.25) is 0 Å². The van der Waals surface area contributed by atoms with Gasteiger partial charge >= 0.3 is 0 Å². The lowest BCUT2D eigenvalue weighted by Gasteiger charge is -2.10. The molecule has 28 heavy (non-hydrogen) atoms. The lowest BCUT2D eigenvalue weighted by molar-refractivity contribution is 0.297. The predicted molar refractivity (Wildman–Crippen MR) is 124 cm³/mol. The first-order chi connectivity index (χ1) is 13.1. The molecule has 1 aliphatic rings. The molecular weight excluding hydrogens is 467 g/mol. The van der Waals surface area contributed by atoms with Crippen LogP contribution in [-0.4, -0.2) is 24.2 Å². The lowest BCUT2D eigenvalue weighted by atomic mass is 10.1. The monoisotopic (exact) mass is 492 g/mol. The Morgan fingerprint density at radius 3 is 2.71 bits per heavy atom. The zero-order chi connectivity index (χ0) is 18.8. The summed E-state index contributed by atoms with van der Waals surface area (Å²) in [6, 6.07) is 12.0. The Morgan fingerprint density at radius 1 is 1.11 bits per heavy atom. The molecule has 0 spiro atoms. The molecule has 0 bridgehead atoms. The molecule has 0 radical (unpaired) electrons. The summed E-state index contributed by atoms with van der Waals surface area (Å²) >= 11 is 0.